The Balaban J connectivity index is 1.34. The second kappa shape index (κ2) is 11.2. The van der Waals surface area contributed by atoms with Crippen LogP contribution in [0.5, 0.6) is 0 Å². The number of rotatable bonds is 10. The van der Waals surface area contributed by atoms with Crippen molar-refractivity contribution in [1.82, 2.24) is 25.0 Å². The van der Waals surface area contributed by atoms with Crippen LogP contribution in [0.1, 0.15) is 29.8 Å². The van der Waals surface area contributed by atoms with Gasteiger partial charge in [-0.2, -0.15) is 0 Å². The van der Waals surface area contributed by atoms with Crippen molar-refractivity contribution in [3.8, 4) is 0 Å². The molecule has 1 N–H and O–H groups in total. The first-order valence-corrected chi connectivity index (χ1v) is 12.0. The molecule has 0 bridgehead atoms. The zero-order valence-corrected chi connectivity index (χ0v) is 18.9. The van der Waals surface area contributed by atoms with Crippen LogP contribution >= 0.6 is 11.8 Å². The first kappa shape index (κ1) is 22.5. The van der Waals surface area contributed by atoms with Crippen LogP contribution in [-0.4, -0.2) is 51.0 Å². The maximum absolute atomic E-state index is 13.0. The van der Waals surface area contributed by atoms with Gasteiger partial charge in [0, 0.05) is 6.54 Å². The van der Waals surface area contributed by atoms with Crippen LogP contribution in [0.25, 0.3) is 0 Å². The number of hydrogen-bond donors (Lipinski definition) is 1. The highest BCUT2D eigenvalue weighted by Crippen LogP contribution is 2.21. The molecule has 32 heavy (non-hydrogen) atoms. The van der Waals surface area contributed by atoms with E-state index < -0.39 is 0 Å². The molecule has 1 aliphatic rings. The van der Waals surface area contributed by atoms with E-state index in [0.717, 1.165) is 36.2 Å². The third-order valence-corrected chi connectivity index (χ3v) is 6.49. The zero-order valence-electron chi connectivity index (χ0n) is 18.0. The summed E-state index contributed by atoms with van der Waals surface area (Å²) in [5.74, 6) is 0.917. The number of hydrogen-bond acceptors (Lipinski definition) is 5. The fourth-order valence-corrected chi connectivity index (χ4v) is 4.57. The molecule has 3 aromatic rings. The summed E-state index contributed by atoms with van der Waals surface area (Å²) in [7, 11) is 0. The Labute approximate surface area is 192 Å². The van der Waals surface area contributed by atoms with Crippen molar-refractivity contribution in [1.29, 1.82) is 0 Å². The molecule has 0 saturated carbocycles. The van der Waals surface area contributed by atoms with Gasteiger partial charge in [0.25, 0.3) is 0 Å². The molecule has 1 aromatic heterocycles. The van der Waals surface area contributed by atoms with Gasteiger partial charge in [-0.25, -0.2) is 4.39 Å². The molecule has 2 heterocycles. The second-order valence-corrected chi connectivity index (χ2v) is 8.91. The number of carbonyl (C=O) groups excluding carboxylic acids is 1. The Kier molecular flexibility index (Phi) is 7.90. The fourth-order valence-electron chi connectivity index (χ4n) is 3.79. The Hall–Kier alpha value is -2.71. The van der Waals surface area contributed by atoms with Gasteiger partial charge in [0.15, 0.2) is 5.16 Å². The SMILES string of the molecule is O=C(CSc1nnc(CN2CCCC2)n1Cc1ccccc1)NCCc1ccc(F)cc1. The van der Waals surface area contributed by atoms with Crippen LogP contribution in [0.4, 0.5) is 4.39 Å². The lowest BCUT2D eigenvalue weighted by atomic mass is 10.1. The van der Waals surface area contributed by atoms with Gasteiger partial charge in [0.05, 0.1) is 18.8 Å². The average molecular weight is 454 g/mol. The topological polar surface area (TPSA) is 63.1 Å². The predicted molar refractivity (Wildman–Crippen MR) is 124 cm³/mol. The highest BCUT2D eigenvalue weighted by atomic mass is 32.2. The van der Waals surface area contributed by atoms with Crippen LogP contribution in [-0.2, 0) is 24.3 Å². The van der Waals surface area contributed by atoms with Crippen molar-refractivity contribution in [3.63, 3.8) is 0 Å². The first-order chi connectivity index (χ1) is 15.7. The number of likely N-dealkylation sites (tertiary alicyclic amines) is 1. The van der Waals surface area contributed by atoms with Crippen LogP contribution in [0, 0.1) is 5.82 Å². The summed E-state index contributed by atoms with van der Waals surface area (Å²) >= 11 is 1.41. The third-order valence-electron chi connectivity index (χ3n) is 5.52. The molecule has 2 aromatic carbocycles. The lowest BCUT2D eigenvalue weighted by Gasteiger charge is -2.16. The molecule has 4 rings (SSSR count). The largest absolute Gasteiger partial charge is 0.355 e. The molecule has 1 aliphatic heterocycles. The number of halogens is 1. The van der Waals surface area contributed by atoms with Crippen LogP contribution in [0.15, 0.2) is 59.8 Å². The van der Waals surface area contributed by atoms with Gasteiger partial charge in [-0.15, -0.1) is 10.2 Å². The van der Waals surface area contributed by atoms with Gasteiger partial charge in [0.2, 0.25) is 5.91 Å². The van der Waals surface area contributed by atoms with Crippen molar-refractivity contribution in [3.05, 3.63) is 77.4 Å². The van der Waals surface area contributed by atoms with E-state index in [1.54, 1.807) is 12.1 Å². The normalized spacial score (nSPS) is 14.0. The highest BCUT2D eigenvalue weighted by Gasteiger charge is 2.19. The molecule has 6 nitrogen and oxygen atoms in total. The summed E-state index contributed by atoms with van der Waals surface area (Å²) in [6.45, 7) is 4.17. The van der Waals surface area contributed by atoms with Crippen molar-refractivity contribution in [2.45, 2.75) is 37.5 Å². The Morgan fingerprint density at radius 1 is 0.969 bits per heavy atom. The molecule has 0 aliphatic carbocycles. The summed E-state index contributed by atoms with van der Waals surface area (Å²) < 4.78 is 15.1. The van der Waals surface area contributed by atoms with E-state index in [4.69, 9.17) is 0 Å². The number of nitrogens with zero attached hydrogens (tertiary/aromatic N) is 4. The first-order valence-electron chi connectivity index (χ1n) is 11.0. The number of aromatic nitrogens is 3. The lowest BCUT2D eigenvalue weighted by Crippen LogP contribution is -2.27. The van der Waals surface area contributed by atoms with Crippen molar-refractivity contribution >= 4 is 17.7 Å². The minimum absolute atomic E-state index is 0.0486. The molecular formula is C24H28FN5OS. The van der Waals surface area contributed by atoms with Gasteiger partial charge in [-0.3, -0.25) is 9.69 Å². The maximum atomic E-state index is 13.0. The Bertz CT molecular complexity index is 1000. The fraction of sp³-hybridized carbons (Fsp3) is 0.375. The van der Waals surface area contributed by atoms with Crippen molar-refractivity contribution in [2.24, 2.45) is 0 Å². The van der Waals surface area contributed by atoms with E-state index in [-0.39, 0.29) is 17.5 Å². The predicted octanol–water partition coefficient (Wildman–Crippen LogP) is 3.51. The monoisotopic (exact) mass is 453 g/mol. The summed E-state index contributed by atoms with van der Waals surface area (Å²) in [6, 6.07) is 16.6. The highest BCUT2D eigenvalue weighted by molar-refractivity contribution is 7.99. The van der Waals surface area contributed by atoms with E-state index >= 15 is 0 Å². The minimum atomic E-state index is -0.252. The van der Waals surface area contributed by atoms with Crippen LogP contribution < -0.4 is 5.32 Å². The molecule has 0 unspecified atom stereocenters. The number of nitrogens with one attached hydrogen (secondary N) is 1. The van der Waals surface area contributed by atoms with Gasteiger partial charge in [0.1, 0.15) is 11.6 Å². The maximum Gasteiger partial charge on any atom is 0.230 e. The molecular weight excluding hydrogens is 425 g/mol. The smallest absolute Gasteiger partial charge is 0.230 e. The van der Waals surface area contributed by atoms with E-state index in [1.807, 2.05) is 18.2 Å². The van der Waals surface area contributed by atoms with Gasteiger partial charge in [-0.1, -0.05) is 54.2 Å². The average Bonchev–Trinajstić information content (AvgIpc) is 3.45. The quantitative estimate of drug-likeness (QED) is 0.476. The summed E-state index contributed by atoms with van der Waals surface area (Å²) in [6.07, 6.45) is 3.12. The second-order valence-electron chi connectivity index (χ2n) is 7.97. The third kappa shape index (κ3) is 6.40. The standard InChI is InChI=1S/C24H28FN5OS/c25-21-10-8-19(9-11-21)12-13-26-23(31)18-32-24-28-27-22(17-29-14-4-5-15-29)30(24)16-20-6-2-1-3-7-20/h1-3,6-11H,4-5,12-18H2,(H,26,31). The van der Waals surface area contributed by atoms with Crippen molar-refractivity contribution in [2.75, 3.05) is 25.4 Å². The summed E-state index contributed by atoms with van der Waals surface area (Å²) in [4.78, 5) is 14.8. The summed E-state index contributed by atoms with van der Waals surface area (Å²) in [5.41, 5.74) is 2.18. The molecule has 0 radical (unpaired) electrons. The van der Waals surface area contributed by atoms with Crippen molar-refractivity contribution < 1.29 is 9.18 Å². The van der Waals surface area contributed by atoms with E-state index in [1.165, 1.54) is 42.3 Å². The molecule has 0 atom stereocenters. The van der Waals surface area contributed by atoms with Crippen LogP contribution in [0.3, 0.4) is 0 Å². The van der Waals surface area contributed by atoms with Gasteiger partial charge < -0.3 is 9.88 Å². The number of carbonyl (C=O) groups is 1. The summed E-state index contributed by atoms with van der Waals surface area (Å²) in [5, 5.41) is 12.5. The Morgan fingerprint density at radius 2 is 1.72 bits per heavy atom. The number of benzene rings is 2. The number of thioether (sulfide) groups is 1. The van der Waals surface area contributed by atoms with E-state index in [0.29, 0.717) is 19.5 Å². The lowest BCUT2D eigenvalue weighted by molar-refractivity contribution is -0.118. The molecule has 1 saturated heterocycles. The molecule has 8 heteroatoms. The van der Waals surface area contributed by atoms with Gasteiger partial charge in [-0.05, 0) is 55.6 Å². The Morgan fingerprint density at radius 3 is 2.47 bits per heavy atom. The minimum Gasteiger partial charge on any atom is -0.355 e. The van der Waals surface area contributed by atoms with E-state index in [2.05, 4.69) is 37.1 Å². The molecule has 168 valence electrons. The van der Waals surface area contributed by atoms with E-state index in [9.17, 15) is 9.18 Å². The zero-order chi connectivity index (χ0) is 22.2. The molecule has 1 fully saturated rings. The van der Waals surface area contributed by atoms with Crippen LogP contribution in [0.2, 0.25) is 0 Å². The molecule has 0 spiro atoms. The molecule has 1 amide bonds. The number of amides is 1. The van der Waals surface area contributed by atoms with Gasteiger partial charge >= 0.3 is 0 Å².